The monoisotopic (exact) mass is 816 g/mol. The fraction of sp³-hybridized carbons (Fsp3) is 0.523. The van der Waals surface area contributed by atoms with E-state index in [0.29, 0.717) is 29.3 Å². The Balaban J connectivity index is 0.000000145. The quantitative estimate of drug-likeness (QED) is 0.180. The number of rotatable bonds is 7. The fourth-order valence-corrected chi connectivity index (χ4v) is 10.3. The van der Waals surface area contributed by atoms with Crippen LogP contribution in [0.15, 0.2) is 49.6 Å². The van der Waals surface area contributed by atoms with Gasteiger partial charge in [-0.1, -0.05) is 11.6 Å². The number of nitrogens with zero attached hydrogens (tertiary/aromatic N) is 10. The van der Waals surface area contributed by atoms with E-state index in [1.165, 1.54) is 68.1 Å². The Kier molecular flexibility index (Phi) is 11.2. The van der Waals surface area contributed by atoms with Gasteiger partial charge in [0.2, 0.25) is 0 Å². The van der Waals surface area contributed by atoms with Gasteiger partial charge in [0.1, 0.15) is 29.4 Å². The molecule has 15 heteroatoms. The van der Waals surface area contributed by atoms with Crippen LogP contribution in [0.3, 0.4) is 0 Å². The zero-order valence-electron chi connectivity index (χ0n) is 33.8. The maximum absolute atomic E-state index is 6.14. The smallest absolute Gasteiger partial charge is 0.137 e. The summed E-state index contributed by atoms with van der Waals surface area (Å²) in [5, 5.41) is 12.3. The van der Waals surface area contributed by atoms with Crippen molar-refractivity contribution in [2.45, 2.75) is 88.4 Å². The summed E-state index contributed by atoms with van der Waals surface area (Å²) in [6.07, 6.45) is 22.3. The van der Waals surface area contributed by atoms with Gasteiger partial charge in [-0.25, -0.2) is 24.9 Å². The predicted molar refractivity (Wildman–Crippen MR) is 227 cm³/mol. The molecule has 4 aliphatic carbocycles. The number of nitrogens with one attached hydrogen (secondary N) is 2. The van der Waals surface area contributed by atoms with E-state index in [4.69, 9.17) is 21.1 Å². The maximum atomic E-state index is 6.14. The van der Waals surface area contributed by atoms with Gasteiger partial charge in [-0.05, 0) is 85.8 Å². The van der Waals surface area contributed by atoms with Gasteiger partial charge in [-0.15, -0.1) is 0 Å². The van der Waals surface area contributed by atoms with Crippen LogP contribution in [0.4, 0.5) is 11.6 Å². The molecule has 0 bridgehead atoms. The second-order valence-corrected chi connectivity index (χ2v) is 17.2. The van der Waals surface area contributed by atoms with Gasteiger partial charge in [0.15, 0.2) is 0 Å². The van der Waals surface area contributed by atoms with Gasteiger partial charge in [0.25, 0.3) is 0 Å². The summed E-state index contributed by atoms with van der Waals surface area (Å²) >= 11 is 6.14. The Hall–Kier alpha value is -4.60. The number of ether oxygens (including phenoxy) is 2. The van der Waals surface area contributed by atoms with Gasteiger partial charge in [0, 0.05) is 106 Å². The highest BCUT2D eigenvalue weighted by Gasteiger charge is 2.32. The summed E-state index contributed by atoms with van der Waals surface area (Å²) in [6, 6.07) is 6.42. The number of hydrogen-bond donors (Lipinski definition) is 2. The third-order valence-corrected chi connectivity index (χ3v) is 13.5. The normalized spacial score (nSPS) is 24.0. The van der Waals surface area contributed by atoms with Crippen molar-refractivity contribution in [3.05, 3.63) is 77.2 Å². The molecule has 7 heterocycles. The number of morpholine rings is 2. The fourth-order valence-electron chi connectivity index (χ4n) is 10.1. The number of hydrogen-bond acceptors (Lipinski definition) is 13. The van der Waals surface area contributed by atoms with E-state index in [1.54, 1.807) is 12.7 Å². The zero-order valence-corrected chi connectivity index (χ0v) is 34.6. The van der Waals surface area contributed by atoms with Crippen LogP contribution in [-0.4, -0.2) is 126 Å². The average molecular weight is 817 g/mol. The number of fused-ring (bicyclic) bond motifs is 6. The Labute approximate surface area is 350 Å². The summed E-state index contributed by atoms with van der Waals surface area (Å²) in [5.41, 5.74) is 11.1. The highest BCUT2D eigenvalue weighted by atomic mass is 35.5. The molecule has 2 aliphatic heterocycles. The van der Waals surface area contributed by atoms with Crippen LogP contribution in [0.5, 0.6) is 0 Å². The highest BCUT2D eigenvalue weighted by Crippen LogP contribution is 2.42. The molecule has 0 radical (unpaired) electrons. The molecule has 2 N–H and O–H groups in total. The standard InChI is InChI=1S/C24H29N7O.C20H24ClN5O/c1-30-14-17(13-28-30)21-11-20-16(12-25-21)10-22-23(20)24(27-15-26-22)29-18-2-4-19(5-3-18)31-6-8-32-9-7-31;21-18-10-16-13(11-22-18)9-17-19(16)20(24-12-23-17)25-14-1-3-15(4-2-14)26-5-7-27-8-6-26/h11-15,18-19H,2-10H2,1H3,(H,26,27,29);10-12,14-15H,1-9H2,(H,23,24,25). The molecule has 14 nitrogen and oxygen atoms in total. The second kappa shape index (κ2) is 17.2. The topological polar surface area (TPSA) is 144 Å². The predicted octanol–water partition coefficient (Wildman–Crippen LogP) is 6.05. The molecule has 2 saturated carbocycles. The van der Waals surface area contributed by atoms with Crippen LogP contribution in [0.2, 0.25) is 5.15 Å². The Bertz CT molecular complexity index is 2260. The van der Waals surface area contributed by atoms with E-state index < -0.39 is 0 Å². The summed E-state index contributed by atoms with van der Waals surface area (Å²) in [7, 11) is 1.93. The molecule has 308 valence electrons. The molecule has 5 aromatic rings. The molecule has 0 unspecified atom stereocenters. The number of halogens is 1. The summed E-state index contributed by atoms with van der Waals surface area (Å²) in [5.74, 6) is 1.91. The van der Waals surface area contributed by atoms with Crippen LogP contribution in [0.1, 0.15) is 73.9 Å². The molecule has 0 spiro atoms. The van der Waals surface area contributed by atoms with Gasteiger partial charge >= 0.3 is 0 Å². The minimum Gasteiger partial charge on any atom is -0.379 e. The lowest BCUT2D eigenvalue weighted by molar-refractivity contribution is 0.00788. The summed E-state index contributed by atoms with van der Waals surface area (Å²) in [4.78, 5) is 32.4. The number of aryl methyl sites for hydroxylation is 1. The summed E-state index contributed by atoms with van der Waals surface area (Å²) < 4.78 is 12.8. The molecular formula is C44H53ClN12O2. The lowest BCUT2D eigenvalue weighted by Gasteiger charge is -2.39. The van der Waals surface area contributed by atoms with E-state index in [9.17, 15) is 0 Å². The molecule has 4 fully saturated rings. The lowest BCUT2D eigenvalue weighted by atomic mass is 9.89. The van der Waals surface area contributed by atoms with Gasteiger partial charge in [0.05, 0.1) is 49.7 Å². The molecule has 0 aromatic carbocycles. The van der Waals surface area contributed by atoms with Crippen molar-refractivity contribution in [2.75, 3.05) is 63.2 Å². The number of anilines is 2. The Morgan fingerprint density at radius 1 is 0.610 bits per heavy atom. The molecule has 2 saturated heterocycles. The molecule has 0 amide bonds. The maximum Gasteiger partial charge on any atom is 0.137 e. The Morgan fingerprint density at radius 3 is 1.63 bits per heavy atom. The SMILES string of the molecule is Clc1cc2c(cn1)Cc1ncnc(NC3CCC(N4CCOCC4)CC3)c1-2.Cn1cc(-c2cc3c(cn2)Cc2ncnc(NC4CCC(N5CCOCC5)CC4)c2-3)cn1. The van der Waals surface area contributed by atoms with Gasteiger partial charge in [-0.2, -0.15) is 5.10 Å². The van der Waals surface area contributed by atoms with Crippen molar-refractivity contribution >= 4 is 23.2 Å². The van der Waals surface area contributed by atoms with E-state index >= 15 is 0 Å². The van der Waals surface area contributed by atoms with E-state index in [-0.39, 0.29) is 0 Å². The molecular weight excluding hydrogens is 764 g/mol. The van der Waals surface area contributed by atoms with Crippen LogP contribution in [0.25, 0.3) is 33.5 Å². The largest absolute Gasteiger partial charge is 0.379 e. The van der Waals surface area contributed by atoms with Gasteiger partial charge in [-0.3, -0.25) is 19.5 Å². The second-order valence-electron chi connectivity index (χ2n) is 16.8. The van der Waals surface area contributed by atoms with Crippen molar-refractivity contribution in [3.63, 3.8) is 0 Å². The number of aromatic nitrogens is 8. The lowest BCUT2D eigenvalue weighted by Crippen LogP contribution is -2.46. The zero-order chi connectivity index (χ0) is 39.7. The third kappa shape index (κ3) is 8.30. The first-order valence-corrected chi connectivity index (χ1v) is 21.9. The van der Waals surface area contributed by atoms with E-state index in [1.807, 2.05) is 42.6 Å². The number of pyridine rings is 2. The Morgan fingerprint density at radius 2 is 1.12 bits per heavy atom. The van der Waals surface area contributed by atoms with Crippen molar-refractivity contribution in [3.8, 4) is 33.5 Å². The molecule has 6 aliphatic rings. The van der Waals surface area contributed by atoms with Crippen molar-refractivity contribution in [2.24, 2.45) is 7.05 Å². The first kappa shape index (κ1) is 38.6. The molecule has 5 aromatic heterocycles. The van der Waals surface area contributed by atoms with Crippen molar-refractivity contribution < 1.29 is 9.47 Å². The average Bonchev–Trinajstić information content (AvgIpc) is 4.00. The highest BCUT2D eigenvalue weighted by molar-refractivity contribution is 6.29. The molecule has 11 rings (SSSR count). The molecule has 0 atom stereocenters. The first-order valence-electron chi connectivity index (χ1n) is 21.5. The van der Waals surface area contributed by atoms with Crippen molar-refractivity contribution in [1.29, 1.82) is 0 Å². The molecule has 59 heavy (non-hydrogen) atoms. The van der Waals surface area contributed by atoms with Crippen LogP contribution in [-0.2, 0) is 29.4 Å². The van der Waals surface area contributed by atoms with E-state index in [2.05, 4.69) is 61.5 Å². The van der Waals surface area contributed by atoms with Crippen LogP contribution in [0, 0.1) is 0 Å². The van der Waals surface area contributed by atoms with Crippen LogP contribution >= 0.6 is 11.6 Å². The first-order chi connectivity index (χ1) is 29.0. The minimum atomic E-state index is 0.454. The minimum absolute atomic E-state index is 0.454. The van der Waals surface area contributed by atoms with Crippen molar-refractivity contribution in [1.82, 2.24) is 49.5 Å². The van der Waals surface area contributed by atoms with Crippen LogP contribution < -0.4 is 10.6 Å². The van der Waals surface area contributed by atoms with E-state index in [0.717, 1.165) is 116 Å². The summed E-state index contributed by atoms with van der Waals surface area (Å²) in [6.45, 7) is 7.81. The third-order valence-electron chi connectivity index (χ3n) is 13.2. The van der Waals surface area contributed by atoms with Gasteiger partial charge < -0.3 is 20.1 Å².